The number of hydrogen-bond donors (Lipinski definition) is 0. The smallest absolute Gasteiger partial charge is 0.345 e. The summed E-state index contributed by atoms with van der Waals surface area (Å²) in [6, 6.07) is 15.2. The number of methoxy groups -OCH3 is 2. The van der Waals surface area contributed by atoms with E-state index in [0.717, 1.165) is 5.56 Å². The largest absolute Gasteiger partial charge is 0.497 e. The van der Waals surface area contributed by atoms with Crippen LogP contribution in [0.5, 0.6) is 23.0 Å². The number of nitrogens with zero attached hydrogens (tertiary/aromatic N) is 1. The molecule has 0 amide bonds. The van der Waals surface area contributed by atoms with E-state index in [1.54, 1.807) is 56.7 Å². The van der Waals surface area contributed by atoms with Crippen LogP contribution in [-0.4, -0.2) is 38.1 Å². The lowest BCUT2D eigenvalue weighted by atomic mass is 10.1. The van der Waals surface area contributed by atoms with Crippen molar-refractivity contribution in [3.8, 4) is 34.3 Å². The van der Waals surface area contributed by atoms with E-state index in [-0.39, 0.29) is 6.61 Å². The van der Waals surface area contributed by atoms with Gasteiger partial charge in [-0.05, 0) is 48.5 Å². The molecule has 0 aliphatic heterocycles. The molecule has 1 aromatic heterocycles. The molecule has 7 nitrogen and oxygen atoms in total. The standard InChI is InChI=1S/C22H19NO6/c1-26-18-8-9-19(21(13-18)27-2)20-10-3-15(14-23-20)22(25)29-17-6-4-16(5-7-17)28-12-11-24/h3-11,13-14H,12H2,1-2H3. The maximum absolute atomic E-state index is 12.3. The molecule has 0 atom stereocenters. The summed E-state index contributed by atoms with van der Waals surface area (Å²) in [5, 5.41) is 0. The van der Waals surface area contributed by atoms with Crippen molar-refractivity contribution in [1.29, 1.82) is 0 Å². The Labute approximate surface area is 167 Å². The predicted octanol–water partition coefficient (Wildman–Crippen LogP) is 3.56. The van der Waals surface area contributed by atoms with Crippen molar-refractivity contribution in [2.75, 3.05) is 20.8 Å². The van der Waals surface area contributed by atoms with Crippen LogP contribution in [0.4, 0.5) is 0 Å². The highest BCUT2D eigenvalue weighted by Crippen LogP contribution is 2.32. The molecule has 29 heavy (non-hydrogen) atoms. The Morgan fingerprint density at radius 3 is 2.28 bits per heavy atom. The van der Waals surface area contributed by atoms with Gasteiger partial charge in [0, 0.05) is 17.8 Å². The van der Waals surface area contributed by atoms with Crippen molar-refractivity contribution in [3.63, 3.8) is 0 Å². The van der Waals surface area contributed by atoms with Gasteiger partial charge in [-0.3, -0.25) is 9.78 Å². The number of pyridine rings is 1. The van der Waals surface area contributed by atoms with E-state index in [1.807, 2.05) is 12.1 Å². The van der Waals surface area contributed by atoms with Gasteiger partial charge in [-0.25, -0.2) is 4.79 Å². The molecule has 3 rings (SSSR count). The highest BCUT2D eigenvalue weighted by molar-refractivity contribution is 5.91. The van der Waals surface area contributed by atoms with Crippen molar-refractivity contribution in [3.05, 3.63) is 66.4 Å². The number of carbonyl (C=O) groups excluding carboxylic acids is 2. The Morgan fingerprint density at radius 2 is 1.66 bits per heavy atom. The zero-order valence-electron chi connectivity index (χ0n) is 16.0. The van der Waals surface area contributed by atoms with E-state index in [0.29, 0.717) is 40.5 Å². The van der Waals surface area contributed by atoms with Crippen LogP contribution in [0.3, 0.4) is 0 Å². The number of carbonyl (C=O) groups is 2. The topological polar surface area (TPSA) is 84.0 Å². The van der Waals surface area contributed by atoms with Crippen LogP contribution >= 0.6 is 0 Å². The lowest BCUT2D eigenvalue weighted by molar-refractivity contribution is -0.109. The number of rotatable bonds is 8. The van der Waals surface area contributed by atoms with Gasteiger partial charge < -0.3 is 18.9 Å². The van der Waals surface area contributed by atoms with Gasteiger partial charge in [-0.1, -0.05) is 0 Å². The van der Waals surface area contributed by atoms with Gasteiger partial charge in [0.25, 0.3) is 0 Å². The van der Waals surface area contributed by atoms with Crippen LogP contribution in [0.1, 0.15) is 10.4 Å². The molecule has 148 valence electrons. The minimum Gasteiger partial charge on any atom is -0.497 e. The monoisotopic (exact) mass is 393 g/mol. The van der Waals surface area contributed by atoms with Gasteiger partial charge in [-0.15, -0.1) is 0 Å². The maximum atomic E-state index is 12.3. The molecule has 0 N–H and O–H groups in total. The molecule has 7 heteroatoms. The van der Waals surface area contributed by atoms with Gasteiger partial charge in [-0.2, -0.15) is 0 Å². The maximum Gasteiger partial charge on any atom is 0.345 e. The summed E-state index contributed by atoms with van der Waals surface area (Å²) in [6.07, 6.45) is 2.11. The van der Waals surface area contributed by atoms with E-state index < -0.39 is 5.97 Å². The summed E-state index contributed by atoms with van der Waals surface area (Å²) in [4.78, 5) is 27.0. The average molecular weight is 393 g/mol. The highest BCUT2D eigenvalue weighted by atomic mass is 16.5. The lowest BCUT2D eigenvalue weighted by Gasteiger charge is -2.10. The quantitative estimate of drug-likeness (QED) is 0.329. The lowest BCUT2D eigenvalue weighted by Crippen LogP contribution is -2.09. The fourth-order valence-corrected chi connectivity index (χ4v) is 2.58. The molecule has 0 saturated carbocycles. The van der Waals surface area contributed by atoms with E-state index in [9.17, 15) is 9.59 Å². The van der Waals surface area contributed by atoms with E-state index in [1.165, 1.54) is 6.20 Å². The number of aromatic nitrogens is 1. The molecular formula is C22H19NO6. The van der Waals surface area contributed by atoms with Crippen LogP contribution in [0.15, 0.2) is 60.8 Å². The summed E-state index contributed by atoms with van der Waals surface area (Å²) >= 11 is 0. The molecule has 3 aromatic rings. The molecule has 0 spiro atoms. The van der Waals surface area contributed by atoms with Gasteiger partial charge in [0.05, 0.1) is 25.5 Å². The summed E-state index contributed by atoms with van der Waals surface area (Å²) in [6.45, 7) is -0.0316. The SMILES string of the molecule is COc1ccc(-c2ccc(C(=O)Oc3ccc(OCC=O)cc3)cn2)c(OC)c1. The Balaban J connectivity index is 1.71. The molecule has 0 radical (unpaired) electrons. The fraction of sp³-hybridized carbons (Fsp3) is 0.136. The third-order valence-electron chi connectivity index (χ3n) is 4.04. The second-order valence-corrected chi connectivity index (χ2v) is 5.84. The van der Waals surface area contributed by atoms with Crippen LogP contribution < -0.4 is 18.9 Å². The molecular weight excluding hydrogens is 374 g/mol. The van der Waals surface area contributed by atoms with Crippen LogP contribution in [-0.2, 0) is 4.79 Å². The number of benzene rings is 2. The third kappa shape index (κ3) is 4.90. The number of ether oxygens (including phenoxy) is 4. The summed E-state index contributed by atoms with van der Waals surface area (Å²) in [5.74, 6) is 1.62. The van der Waals surface area contributed by atoms with Crippen molar-refractivity contribution in [2.45, 2.75) is 0 Å². The third-order valence-corrected chi connectivity index (χ3v) is 4.04. The zero-order chi connectivity index (χ0) is 20.6. The van der Waals surface area contributed by atoms with Gasteiger partial charge in [0.1, 0.15) is 29.6 Å². The normalized spacial score (nSPS) is 10.1. The number of hydrogen-bond acceptors (Lipinski definition) is 7. The van der Waals surface area contributed by atoms with Crippen LogP contribution in [0.25, 0.3) is 11.3 Å². The molecule has 0 fully saturated rings. The zero-order valence-corrected chi connectivity index (χ0v) is 16.0. The minimum atomic E-state index is -0.535. The highest BCUT2D eigenvalue weighted by Gasteiger charge is 2.13. The number of esters is 1. The first-order chi connectivity index (χ1) is 14.1. The summed E-state index contributed by atoms with van der Waals surface area (Å²) < 4.78 is 21.1. The Bertz CT molecular complexity index is 983. The molecule has 0 aliphatic rings. The van der Waals surface area contributed by atoms with Crippen molar-refractivity contribution in [1.82, 2.24) is 4.98 Å². The molecule has 0 unspecified atom stereocenters. The van der Waals surface area contributed by atoms with Crippen molar-refractivity contribution in [2.24, 2.45) is 0 Å². The Morgan fingerprint density at radius 1 is 0.931 bits per heavy atom. The van der Waals surface area contributed by atoms with E-state index >= 15 is 0 Å². The minimum absolute atomic E-state index is 0.0316. The average Bonchev–Trinajstić information content (AvgIpc) is 2.78. The molecule has 0 aliphatic carbocycles. The van der Waals surface area contributed by atoms with Crippen molar-refractivity contribution >= 4 is 12.3 Å². The van der Waals surface area contributed by atoms with Gasteiger partial charge >= 0.3 is 5.97 Å². The summed E-state index contributed by atoms with van der Waals surface area (Å²) in [7, 11) is 3.15. The molecule has 0 bridgehead atoms. The van der Waals surface area contributed by atoms with Crippen molar-refractivity contribution < 1.29 is 28.5 Å². The fourth-order valence-electron chi connectivity index (χ4n) is 2.58. The second kappa shape index (κ2) is 9.36. The first kappa shape index (κ1) is 19.9. The van der Waals surface area contributed by atoms with Crippen LogP contribution in [0.2, 0.25) is 0 Å². The summed E-state index contributed by atoms with van der Waals surface area (Å²) in [5.41, 5.74) is 1.74. The van der Waals surface area contributed by atoms with E-state index in [4.69, 9.17) is 18.9 Å². The Kier molecular flexibility index (Phi) is 6.42. The first-order valence-corrected chi connectivity index (χ1v) is 8.71. The van der Waals surface area contributed by atoms with Gasteiger partial charge in [0.15, 0.2) is 6.29 Å². The number of aldehydes is 1. The molecule has 0 saturated heterocycles. The van der Waals surface area contributed by atoms with E-state index in [2.05, 4.69) is 4.98 Å². The second-order valence-electron chi connectivity index (χ2n) is 5.84. The molecule has 1 heterocycles. The first-order valence-electron chi connectivity index (χ1n) is 8.71. The predicted molar refractivity (Wildman–Crippen MR) is 106 cm³/mol. The van der Waals surface area contributed by atoms with Crippen LogP contribution in [0, 0.1) is 0 Å². The Hall–Kier alpha value is -3.87. The van der Waals surface area contributed by atoms with Gasteiger partial charge in [0.2, 0.25) is 0 Å². The molecule has 2 aromatic carbocycles.